The van der Waals surface area contributed by atoms with Gasteiger partial charge < -0.3 is 10.1 Å². The van der Waals surface area contributed by atoms with E-state index in [2.05, 4.69) is 32.2 Å². The minimum atomic E-state index is -0.997. The molecule has 0 radical (unpaired) electrons. The zero-order valence-corrected chi connectivity index (χ0v) is 19.3. The molecule has 2 unspecified atom stereocenters. The minimum Gasteiger partial charge on any atom is -0.440 e. The van der Waals surface area contributed by atoms with Crippen LogP contribution in [-0.2, 0) is 9.53 Å². The lowest BCUT2D eigenvalue weighted by Gasteiger charge is -2.41. The molecule has 0 bridgehead atoms. The molecular formula is C24H24ClN3O2S. The molecule has 7 heteroatoms. The summed E-state index contributed by atoms with van der Waals surface area (Å²) in [6.07, 6.45) is 10.4. The van der Waals surface area contributed by atoms with E-state index in [-0.39, 0.29) is 5.97 Å². The number of nitrogens with zero attached hydrogens (tertiary/aromatic N) is 2. The molecule has 3 heterocycles. The molecule has 1 fully saturated rings. The van der Waals surface area contributed by atoms with Gasteiger partial charge in [0.2, 0.25) is 5.60 Å². The fraction of sp³-hybridized carbons (Fsp3) is 0.333. The zero-order valence-electron chi connectivity index (χ0n) is 17.7. The average molecular weight is 454 g/mol. The van der Waals surface area contributed by atoms with Crippen molar-refractivity contribution in [2.24, 2.45) is 5.10 Å². The Morgan fingerprint density at radius 2 is 2.23 bits per heavy atom. The quantitative estimate of drug-likeness (QED) is 0.468. The fourth-order valence-corrected chi connectivity index (χ4v) is 5.77. The molecule has 0 amide bonds. The normalized spacial score (nSPS) is 25.0. The Kier molecular flexibility index (Phi) is 4.94. The molecule has 1 N–H and O–H groups in total. The van der Waals surface area contributed by atoms with Gasteiger partial charge in [-0.2, -0.15) is 0 Å². The van der Waals surface area contributed by atoms with Crippen molar-refractivity contribution in [3.05, 3.63) is 64.4 Å². The fourth-order valence-electron chi connectivity index (χ4n) is 4.47. The Hall–Kier alpha value is -2.57. The van der Waals surface area contributed by atoms with Crippen LogP contribution in [0.1, 0.15) is 38.7 Å². The highest BCUT2D eigenvalue weighted by Crippen LogP contribution is 2.42. The number of carbonyl (C=O) groups is 1. The summed E-state index contributed by atoms with van der Waals surface area (Å²) >= 11 is 7.91. The molecule has 0 saturated carbocycles. The summed E-state index contributed by atoms with van der Waals surface area (Å²) in [5.74, 6) is 0.419. The first-order valence-electron chi connectivity index (χ1n) is 10.6. The first-order chi connectivity index (χ1) is 14.9. The molecule has 2 atom stereocenters. The third-order valence-corrected chi connectivity index (χ3v) is 7.59. The highest BCUT2D eigenvalue weighted by molar-refractivity contribution is 7.23. The summed E-state index contributed by atoms with van der Waals surface area (Å²) in [6.45, 7) is 6.23. The van der Waals surface area contributed by atoms with Crippen molar-refractivity contribution in [2.75, 3.05) is 5.01 Å². The number of ether oxygens (including phenoxy) is 1. The average Bonchev–Trinajstić information content (AvgIpc) is 2.95. The second-order valence-corrected chi connectivity index (χ2v) is 9.69. The third-order valence-electron chi connectivity index (χ3n) is 6.09. The summed E-state index contributed by atoms with van der Waals surface area (Å²) in [6, 6.07) is 5.55. The summed E-state index contributed by atoms with van der Waals surface area (Å²) in [5.41, 5.74) is 2.25. The number of carbonyl (C=O) groups excluding carboxylic acids is 1. The highest BCUT2D eigenvalue weighted by Gasteiger charge is 2.50. The van der Waals surface area contributed by atoms with Gasteiger partial charge in [0.25, 0.3) is 0 Å². The van der Waals surface area contributed by atoms with E-state index in [1.165, 1.54) is 0 Å². The van der Waals surface area contributed by atoms with Gasteiger partial charge in [0, 0.05) is 21.5 Å². The zero-order chi connectivity index (χ0) is 21.8. The Balaban J connectivity index is 1.67. The molecule has 31 heavy (non-hydrogen) atoms. The Bertz CT molecular complexity index is 1210. The number of nitrogens with one attached hydrogen (secondary N) is 1. The number of thiophene rings is 1. The van der Waals surface area contributed by atoms with Gasteiger partial charge in [-0.3, -0.25) is 0 Å². The molecule has 5 nitrogen and oxygen atoms in total. The van der Waals surface area contributed by atoms with E-state index < -0.39 is 11.6 Å². The molecule has 2 aliphatic heterocycles. The van der Waals surface area contributed by atoms with E-state index in [4.69, 9.17) is 21.4 Å². The number of allylic oxidation sites excluding steroid dienone is 2. The van der Waals surface area contributed by atoms with E-state index in [0.717, 1.165) is 49.7 Å². The van der Waals surface area contributed by atoms with Gasteiger partial charge in [-0.1, -0.05) is 36.6 Å². The van der Waals surface area contributed by atoms with Crippen molar-refractivity contribution >= 4 is 49.8 Å². The van der Waals surface area contributed by atoms with E-state index in [1.807, 2.05) is 41.6 Å². The Morgan fingerprint density at radius 1 is 1.39 bits per heavy atom. The van der Waals surface area contributed by atoms with Crippen molar-refractivity contribution in [1.82, 2.24) is 5.32 Å². The molecule has 1 aromatic carbocycles. The lowest BCUT2D eigenvalue weighted by atomic mass is 9.81. The van der Waals surface area contributed by atoms with Crippen LogP contribution in [0.2, 0.25) is 5.02 Å². The number of hydrogen-bond donors (Lipinski definition) is 1. The predicted octanol–water partition coefficient (Wildman–Crippen LogP) is 5.84. The lowest BCUT2D eigenvalue weighted by molar-refractivity contribution is -0.153. The van der Waals surface area contributed by atoms with Crippen molar-refractivity contribution in [3.8, 4) is 0 Å². The first-order valence-corrected chi connectivity index (χ1v) is 11.7. The minimum absolute atomic E-state index is 0.229. The summed E-state index contributed by atoms with van der Waals surface area (Å²) in [7, 11) is 0. The topological polar surface area (TPSA) is 53.9 Å². The monoisotopic (exact) mass is 453 g/mol. The number of halogens is 1. The number of rotatable bonds is 3. The van der Waals surface area contributed by atoms with Gasteiger partial charge in [-0.25, -0.2) is 9.80 Å². The predicted molar refractivity (Wildman–Crippen MR) is 128 cm³/mol. The Labute approximate surface area is 190 Å². The van der Waals surface area contributed by atoms with Crippen LogP contribution in [0.5, 0.6) is 0 Å². The number of hydrogen-bond acceptors (Lipinski definition) is 6. The van der Waals surface area contributed by atoms with Crippen LogP contribution in [0.25, 0.3) is 10.1 Å². The molecule has 5 rings (SSSR count). The number of aryl methyl sites for hydroxylation is 1. The summed E-state index contributed by atoms with van der Waals surface area (Å²) in [5, 5.41) is 13.2. The van der Waals surface area contributed by atoms with Crippen LogP contribution in [0.4, 0.5) is 5.00 Å². The number of hydrazone groups is 1. The van der Waals surface area contributed by atoms with Crippen LogP contribution in [0.3, 0.4) is 0 Å². The number of fused-ring (bicyclic) bond motifs is 1. The third kappa shape index (κ3) is 3.20. The molecule has 3 aliphatic rings. The highest BCUT2D eigenvalue weighted by atomic mass is 35.5. The molecule has 2 aromatic rings. The Morgan fingerprint density at radius 3 is 3.03 bits per heavy atom. The van der Waals surface area contributed by atoms with Crippen LogP contribution in [0.15, 0.2) is 58.9 Å². The lowest BCUT2D eigenvalue weighted by Crippen LogP contribution is -2.61. The van der Waals surface area contributed by atoms with Gasteiger partial charge in [0.15, 0.2) is 5.84 Å². The van der Waals surface area contributed by atoms with Gasteiger partial charge in [-0.15, -0.1) is 16.4 Å². The largest absolute Gasteiger partial charge is 0.440 e. The maximum Gasteiger partial charge on any atom is 0.330 e. The number of benzene rings is 1. The van der Waals surface area contributed by atoms with Crippen molar-refractivity contribution in [3.63, 3.8) is 0 Å². The molecule has 1 saturated heterocycles. The van der Waals surface area contributed by atoms with E-state index in [0.29, 0.717) is 12.3 Å². The number of esters is 1. The van der Waals surface area contributed by atoms with Crippen molar-refractivity contribution in [2.45, 2.75) is 51.7 Å². The second kappa shape index (κ2) is 7.53. The summed E-state index contributed by atoms with van der Waals surface area (Å²) < 4.78 is 7.27. The maximum absolute atomic E-state index is 12.8. The SMILES string of the molecule is CCCC1NC2=NN(c3sc4ccc(Cl)cc4c3C)C=CC3=C(C)CC=CC23OC1=O. The molecular weight excluding hydrogens is 430 g/mol. The van der Waals surface area contributed by atoms with Gasteiger partial charge in [0.1, 0.15) is 11.0 Å². The van der Waals surface area contributed by atoms with Gasteiger partial charge in [-0.05, 0) is 68.0 Å². The van der Waals surface area contributed by atoms with Crippen molar-refractivity contribution < 1.29 is 9.53 Å². The van der Waals surface area contributed by atoms with Gasteiger partial charge >= 0.3 is 5.97 Å². The van der Waals surface area contributed by atoms with E-state index in [9.17, 15) is 4.79 Å². The van der Waals surface area contributed by atoms with Crippen LogP contribution >= 0.6 is 22.9 Å². The van der Waals surface area contributed by atoms with Gasteiger partial charge in [0.05, 0.1) is 0 Å². The number of morpholine rings is 1. The molecule has 1 spiro atoms. The van der Waals surface area contributed by atoms with E-state index in [1.54, 1.807) is 11.3 Å². The van der Waals surface area contributed by atoms with Crippen LogP contribution in [-0.4, -0.2) is 23.4 Å². The molecule has 1 aromatic heterocycles. The standard InChI is InChI=1S/C24H24ClN3O2S/c1-4-6-19-22(29)30-24-11-5-7-14(2)18(24)10-12-28(27-23(24)26-19)21-15(3)17-13-16(25)8-9-20(17)31-21/h5,8-13,19H,4,6-7H2,1-3H3,(H,26,27). The number of anilines is 1. The second-order valence-electron chi connectivity index (χ2n) is 8.22. The van der Waals surface area contributed by atoms with Crippen molar-refractivity contribution in [1.29, 1.82) is 0 Å². The molecule has 160 valence electrons. The first kappa shape index (κ1) is 20.3. The van der Waals surface area contributed by atoms with Crippen LogP contribution in [0, 0.1) is 6.92 Å². The maximum atomic E-state index is 12.8. The summed E-state index contributed by atoms with van der Waals surface area (Å²) in [4.78, 5) is 12.8. The van der Waals surface area contributed by atoms with Crippen LogP contribution < -0.4 is 10.3 Å². The smallest absolute Gasteiger partial charge is 0.330 e. The molecule has 1 aliphatic carbocycles. The number of amidine groups is 1. The van der Waals surface area contributed by atoms with E-state index >= 15 is 0 Å².